The molecule has 0 saturated carbocycles. The summed E-state index contributed by atoms with van der Waals surface area (Å²) in [6.45, 7) is 4.82. The van der Waals surface area contributed by atoms with Crippen molar-refractivity contribution >= 4 is 0 Å². The zero-order valence-electron chi connectivity index (χ0n) is 12.8. The summed E-state index contributed by atoms with van der Waals surface area (Å²) in [6.07, 6.45) is 4.99. The molecule has 20 heavy (non-hydrogen) atoms. The standard InChI is InChI=1S/C17H28N2O/c1-17(20,15-8-4-3-5-9-15)14-19-13-7-6-10-16(19)11-12-18-2/h3-5,8-9,16,18,20H,6-7,10-14H2,1-2H3. The molecule has 0 aromatic heterocycles. The van der Waals surface area contributed by atoms with Gasteiger partial charge in [-0.2, -0.15) is 0 Å². The number of hydrogen-bond acceptors (Lipinski definition) is 3. The Bertz CT molecular complexity index is 391. The Balaban J connectivity index is 2.02. The number of nitrogens with one attached hydrogen (secondary N) is 1. The van der Waals surface area contributed by atoms with Gasteiger partial charge in [-0.15, -0.1) is 0 Å². The van der Waals surface area contributed by atoms with Crippen LogP contribution in [0.25, 0.3) is 0 Å². The van der Waals surface area contributed by atoms with Gasteiger partial charge in [-0.25, -0.2) is 0 Å². The van der Waals surface area contributed by atoms with E-state index in [4.69, 9.17) is 0 Å². The first-order chi connectivity index (χ1) is 9.63. The van der Waals surface area contributed by atoms with Crippen molar-refractivity contribution in [3.63, 3.8) is 0 Å². The van der Waals surface area contributed by atoms with Crippen molar-refractivity contribution in [2.75, 3.05) is 26.7 Å². The molecule has 0 amide bonds. The van der Waals surface area contributed by atoms with Crippen molar-refractivity contribution in [2.45, 2.75) is 44.2 Å². The van der Waals surface area contributed by atoms with Gasteiger partial charge in [0, 0.05) is 12.6 Å². The van der Waals surface area contributed by atoms with E-state index in [1.165, 1.54) is 25.7 Å². The summed E-state index contributed by atoms with van der Waals surface area (Å²) in [5.74, 6) is 0. The molecule has 2 rings (SSSR count). The molecule has 1 saturated heterocycles. The number of hydrogen-bond donors (Lipinski definition) is 2. The second-order valence-electron chi connectivity index (χ2n) is 6.15. The van der Waals surface area contributed by atoms with Crippen molar-refractivity contribution < 1.29 is 5.11 Å². The van der Waals surface area contributed by atoms with Crippen molar-refractivity contribution in [3.05, 3.63) is 35.9 Å². The summed E-state index contributed by atoms with van der Waals surface area (Å²) < 4.78 is 0. The molecule has 1 fully saturated rings. The first-order valence-corrected chi connectivity index (χ1v) is 7.80. The first kappa shape index (κ1) is 15.5. The summed E-state index contributed by atoms with van der Waals surface area (Å²) in [5.41, 5.74) is 0.245. The Labute approximate surface area is 123 Å². The highest BCUT2D eigenvalue weighted by atomic mass is 16.3. The van der Waals surface area contributed by atoms with E-state index < -0.39 is 5.60 Å². The van der Waals surface area contributed by atoms with Crippen LogP contribution in [-0.4, -0.2) is 42.7 Å². The van der Waals surface area contributed by atoms with Crippen LogP contribution in [0.5, 0.6) is 0 Å². The van der Waals surface area contributed by atoms with Gasteiger partial charge in [-0.05, 0) is 51.9 Å². The van der Waals surface area contributed by atoms with E-state index >= 15 is 0 Å². The van der Waals surface area contributed by atoms with Gasteiger partial charge in [-0.3, -0.25) is 4.90 Å². The molecule has 1 aromatic carbocycles. The lowest BCUT2D eigenvalue weighted by molar-refractivity contribution is -0.00864. The third kappa shape index (κ3) is 4.05. The average Bonchev–Trinajstić information content (AvgIpc) is 2.47. The number of β-amino-alcohol motifs (C(OH)–C–C–N with tert-alkyl or cyclic N) is 1. The fourth-order valence-corrected chi connectivity index (χ4v) is 3.19. The molecule has 1 aliphatic rings. The van der Waals surface area contributed by atoms with Crippen molar-refractivity contribution in [2.24, 2.45) is 0 Å². The van der Waals surface area contributed by atoms with E-state index in [2.05, 4.69) is 10.2 Å². The maximum absolute atomic E-state index is 10.8. The van der Waals surface area contributed by atoms with Gasteiger partial charge in [0.05, 0.1) is 5.60 Å². The first-order valence-electron chi connectivity index (χ1n) is 7.80. The normalized spacial score (nSPS) is 23.4. The Morgan fingerprint density at radius 3 is 2.75 bits per heavy atom. The van der Waals surface area contributed by atoms with Gasteiger partial charge in [0.2, 0.25) is 0 Å². The number of piperidine rings is 1. The summed E-state index contributed by atoms with van der Waals surface area (Å²) in [5, 5.41) is 14.1. The fourth-order valence-electron chi connectivity index (χ4n) is 3.19. The smallest absolute Gasteiger partial charge is 0.0994 e. The summed E-state index contributed by atoms with van der Waals surface area (Å²) in [6, 6.07) is 10.6. The fraction of sp³-hybridized carbons (Fsp3) is 0.647. The van der Waals surface area contributed by atoms with E-state index in [1.807, 2.05) is 44.3 Å². The molecule has 0 radical (unpaired) electrons. The van der Waals surface area contributed by atoms with Crippen molar-refractivity contribution in [1.82, 2.24) is 10.2 Å². The predicted molar refractivity (Wildman–Crippen MR) is 83.8 cm³/mol. The lowest BCUT2D eigenvalue weighted by Crippen LogP contribution is -2.47. The summed E-state index contributed by atoms with van der Waals surface area (Å²) >= 11 is 0. The SMILES string of the molecule is CNCCC1CCCCN1CC(C)(O)c1ccccc1. The van der Waals surface area contributed by atoms with Crippen LogP contribution in [0.3, 0.4) is 0 Å². The Hall–Kier alpha value is -0.900. The van der Waals surface area contributed by atoms with E-state index in [0.29, 0.717) is 6.04 Å². The molecule has 2 atom stereocenters. The van der Waals surface area contributed by atoms with Crippen LogP contribution in [0, 0.1) is 0 Å². The molecule has 0 spiro atoms. The van der Waals surface area contributed by atoms with Crippen LogP contribution < -0.4 is 5.32 Å². The Morgan fingerprint density at radius 2 is 2.05 bits per heavy atom. The highest BCUT2D eigenvalue weighted by Gasteiger charge is 2.30. The second-order valence-corrected chi connectivity index (χ2v) is 6.15. The molecule has 0 aliphatic carbocycles. The monoisotopic (exact) mass is 276 g/mol. The summed E-state index contributed by atoms with van der Waals surface area (Å²) in [7, 11) is 2.01. The van der Waals surface area contributed by atoms with Gasteiger partial charge >= 0.3 is 0 Å². The van der Waals surface area contributed by atoms with Crippen LogP contribution in [0.1, 0.15) is 38.2 Å². The molecule has 1 heterocycles. The Kier molecular flexibility index (Phi) is 5.58. The molecular formula is C17H28N2O. The average molecular weight is 276 g/mol. The van der Waals surface area contributed by atoms with Crippen LogP contribution in [0.4, 0.5) is 0 Å². The molecule has 112 valence electrons. The van der Waals surface area contributed by atoms with Crippen LogP contribution >= 0.6 is 0 Å². The molecule has 1 aliphatic heterocycles. The van der Waals surface area contributed by atoms with Gasteiger partial charge in [0.25, 0.3) is 0 Å². The minimum atomic E-state index is -0.767. The molecule has 0 bridgehead atoms. The molecule has 2 N–H and O–H groups in total. The topological polar surface area (TPSA) is 35.5 Å². The molecule has 3 heteroatoms. The highest BCUT2D eigenvalue weighted by Crippen LogP contribution is 2.26. The molecule has 3 nitrogen and oxygen atoms in total. The summed E-state index contributed by atoms with van der Waals surface area (Å²) in [4.78, 5) is 2.48. The highest BCUT2D eigenvalue weighted by molar-refractivity contribution is 5.21. The third-order valence-electron chi connectivity index (χ3n) is 4.38. The third-order valence-corrected chi connectivity index (χ3v) is 4.38. The largest absolute Gasteiger partial charge is 0.384 e. The number of benzene rings is 1. The Morgan fingerprint density at radius 1 is 1.30 bits per heavy atom. The lowest BCUT2D eigenvalue weighted by Gasteiger charge is -2.40. The van der Waals surface area contributed by atoms with Crippen LogP contribution in [0.15, 0.2) is 30.3 Å². The van der Waals surface area contributed by atoms with E-state index in [-0.39, 0.29) is 0 Å². The molecular weight excluding hydrogens is 248 g/mol. The quantitative estimate of drug-likeness (QED) is 0.837. The number of nitrogens with zero attached hydrogens (tertiary/aromatic N) is 1. The number of rotatable bonds is 6. The van der Waals surface area contributed by atoms with E-state index in [0.717, 1.165) is 25.2 Å². The van der Waals surface area contributed by atoms with Gasteiger partial charge < -0.3 is 10.4 Å². The van der Waals surface area contributed by atoms with Gasteiger partial charge in [0.1, 0.15) is 0 Å². The maximum Gasteiger partial charge on any atom is 0.0994 e. The second kappa shape index (κ2) is 7.21. The van der Waals surface area contributed by atoms with E-state index in [1.54, 1.807) is 0 Å². The molecule has 2 unspecified atom stereocenters. The van der Waals surface area contributed by atoms with Crippen molar-refractivity contribution in [3.8, 4) is 0 Å². The minimum Gasteiger partial charge on any atom is -0.384 e. The predicted octanol–water partition coefficient (Wildman–Crippen LogP) is 2.36. The minimum absolute atomic E-state index is 0.603. The van der Waals surface area contributed by atoms with Crippen LogP contribution in [-0.2, 0) is 5.60 Å². The van der Waals surface area contributed by atoms with Crippen LogP contribution in [0.2, 0.25) is 0 Å². The molecule has 1 aromatic rings. The maximum atomic E-state index is 10.8. The number of likely N-dealkylation sites (tertiary alicyclic amines) is 1. The lowest BCUT2D eigenvalue weighted by atomic mass is 9.92. The zero-order valence-corrected chi connectivity index (χ0v) is 12.8. The van der Waals surface area contributed by atoms with Gasteiger partial charge in [0.15, 0.2) is 0 Å². The van der Waals surface area contributed by atoms with Crippen molar-refractivity contribution in [1.29, 1.82) is 0 Å². The van der Waals surface area contributed by atoms with E-state index in [9.17, 15) is 5.11 Å². The zero-order chi connectivity index (χ0) is 14.4. The van der Waals surface area contributed by atoms with Gasteiger partial charge in [-0.1, -0.05) is 36.8 Å². The number of aliphatic hydroxyl groups is 1.